The van der Waals surface area contributed by atoms with Gasteiger partial charge in [-0.15, -0.1) is 11.8 Å². The van der Waals surface area contributed by atoms with Gasteiger partial charge in [0, 0.05) is 23.7 Å². The Balaban J connectivity index is 1.83. The first kappa shape index (κ1) is 24.2. The molecule has 0 aromatic heterocycles. The third-order valence-corrected chi connectivity index (χ3v) is 7.58. The second-order valence-electron chi connectivity index (χ2n) is 6.04. The summed E-state index contributed by atoms with van der Waals surface area (Å²) in [6.45, 7) is 3.84. The molecule has 1 N–H and O–H groups in total. The molecule has 0 saturated carbocycles. The number of thioether (sulfide) groups is 1. The quantitative estimate of drug-likeness (QED) is 0.421. The van der Waals surface area contributed by atoms with Crippen LogP contribution in [0.25, 0.3) is 0 Å². The lowest BCUT2D eigenvalue weighted by molar-refractivity contribution is -0.144. The molecule has 0 bridgehead atoms. The maximum absolute atomic E-state index is 12.5. The number of carbonyl (C=O) groups is 2. The van der Waals surface area contributed by atoms with Gasteiger partial charge in [-0.2, -0.15) is 4.31 Å². The second kappa shape index (κ2) is 11.4. The van der Waals surface area contributed by atoms with Crippen LogP contribution >= 0.6 is 23.4 Å². The van der Waals surface area contributed by atoms with Crippen molar-refractivity contribution in [3.05, 3.63) is 53.6 Å². The van der Waals surface area contributed by atoms with E-state index in [-0.39, 0.29) is 10.6 Å². The Morgan fingerprint density at radius 2 is 1.70 bits per heavy atom. The molecule has 2 rings (SSSR count). The standard InChI is InChI=1S/C20H23ClN2O5S2/c1-3-23(4-2)30(26,27)16-11-9-15(10-12-16)22-19(24)13-28-20(25)14-29-18-8-6-5-7-17(18)21/h5-12H,3-4,13-14H2,1-2H3,(H,22,24). The molecule has 2 aromatic carbocycles. The minimum Gasteiger partial charge on any atom is -0.455 e. The fraction of sp³-hybridized carbons (Fsp3) is 0.300. The average Bonchev–Trinajstić information content (AvgIpc) is 2.73. The molecule has 0 unspecified atom stereocenters. The molecule has 1 amide bonds. The molecular formula is C20H23ClN2O5S2. The molecule has 0 aliphatic heterocycles. The van der Waals surface area contributed by atoms with Gasteiger partial charge >= 0.3 is 5.97 Å². The predicted octanol–water partition coefficient (Wildman–Crippen LogP) is 3.64. The Bertz CT molecular complexity index is 977. The number of hydrogen-bond acceptors (Lipinski definition) is 6. The number of esters is 1. The summed E-state index contributed by atoms with van der Waals surface area (Å²) in [6, 6.07) is 12.9. The Morgan fingerprint density at radius 3 is 2.30 bits per heavy atom. The van der Waals surface area contributed by atoms with Crippen LogP contribution in [0.5, 0.6) is 0 Å². The largest absolute Gasteiger partial charge is 0.455 e. The van der Waals surface area contributed by atoms with Crippen LogP contribution in [0, 0.1) is 0 Å². The van der Waals surface area contributed by atoms with Gasteiger partial charge in [-0.05, 0) is 36.4 Å². The number of hydrogen-bond donors (Lipinski definition) is 1. The van der Waals surface area contributed by atoms with Gasteiger partial charge in [-0.25, -0.2) is 8.42 Å². The SMILES string of the molecule is CCN(CC)S(=O)(=O)c1ccc(NC(=O)COC(=O)CSc2ccccc2Cl)cc1. The third-order valence-electron chi connectivity index (χ3n) is 4.03. The Hall–Kier alpha value is -2.07. The summed E-state index contributed by atoms with van der Waals surface area (Å²) in [5.74, 6) is -1.05. The van der Waals surface area contributed by atoms with Gasteiger partial charge < -0.3 is 10.1 Å². The van der Waals surface area contributed by atoms with Gasteiger partial charge in [-0.3, -0.25) is 9.59 Å². The van der Waals surface area contributed by atoms with E-state index in [1.54, 1.807) is 32.0 Å². The van der Waals surface area contributed by atoms with Gasteiger partial charge in [-0.1, -0.05) is 37.6 Å². The van der Waals surface area contributed by atoms with E-state index in [0.717, 1.165) is 4.90 Å². The molecule has 2 aromatic rings. The number of sulfonamides is 1. The molecular weight excluding hydrogens is 448 g/mol. The molecule has 162 valence electrons. The molecule has 0 fully saturated rings. The van der Waals surface area contributed by atoms with Crippen molar-refractivity contribution in [3.63, 3.8) is 0 Å². The van der Waals surface area contributed by atoms with E-state index in [1.165, 1.54) is 40.3 Å². The lowest BCUT2D eigenvalue weighted by Gasteiger charge is -2.18. The van der Waals surface area contributed by atoms with Crippen molar-refractivity contribution < 1.29 is 22.7 Å². The van der Waals surface area contributed by atoms with Crippen LogP contribution in [0.15, 0.2) is 58.3 Å². The van der Waals surface area contributed by atoms with Gasteiger partial charge in [0.2, 0.25) is 10.0 Å². The third kappa shape index (κ3) is 6.73. The fourth-order valence-corrected chi connectivity index (χ4v) is 5.00. The molecule has 0 spiro atoms. The minimum atomic E-state index is -3.56. The topological polar surface area (TPSA) is 92.8 Å². The number of benzene rings is 2. The van der Waals surface area contributed by atoms with Crippen LogP contribution < -0.4 is 5.32 Å². The number of amides is 1. The summed E-state index contributed by atoms with van der Waals surface area (Å²) in [5, 5.41) is 3.10. The zero-order valence-electron chi connectivity index (χ0n) is 16.6. The van der Waals surface area contributed by atoms with Crippen molar-refractivity contribution in [2.45, 2.75) is 23.6 Å². The van der Waals surface area contributed by atoms with E-state index >= 15 is 0 Å². The molecule has 0 aliphatic carbocycles. The summed E-state index contributed by atoms with van der Waals surface area (Å²) in [7, 11) is -3.56. The van der Waals surface area contributed by atoms with Crippen LogP contribution in [0.1, 0.15) is 13.8 Å². The number of anilines is 1. The van der Waals surface area contributed by atoms with Gasteiger partial charge in [0.15, 0.2) is 6.61 Å². The van der Waals surface area contributed by atoms with E-state index < -0.39 is 28.5 Å². The van der Waals surface area contributed by atoms with E-state index in [0.29, 0.717) is 23.8 Å². The summed E-state index contributed by atoms with van der Waals surface area (Å²) >= 11 is 7.24. The molecule has 0 atom stereocenters. The van der Waals surface area contributed by atoms with Crippen molar-refractivity contribution in [1.29, 1.82) is 0 Å². The van der Waals surface area contributed by atoms with Crippen LogP contribution in [0.3, 0.4) is 0 Å². The van der Waals surface area contributed by atoms with Gasteiger partial charge in [0.05, 0.1) is 15.7 Å². The maximum Gasteiger partial charge on any atom is 0.316 e. The van der Waals surface area contributed by atoms with Crippen LogP contribution in [0.2, 0.25) is 5.02 Å². The smallest absolute Gasteiger partial charge is 0.316 e. The summed E-state index contributed by atoms with van der Waals surface area (Å²) in [6.07, 6.45) is 0. The van der Waals surface area contributed by atoms with Crippen molar-refractivity contribution in [2.24, 2.45) is 0 Å². The first-order chi connectivity index (χ1) is 14.3. The number of nitrogens with one attached hydrogen (secondary N) is 1. The summed E-state index contributed by atoms with van der Waals surface area (Å²) in [4.78, 5) is 24.7. The molecule has 0 aliphatic rings. The molecule has 0 heterocycles. The van der Waals surface area contributed by atoms with E-state index in [4.69, 9.17) is 16.3 Å². The van der Waals surface area contributed by atoms with Gasteiger partial charge in [0.1, 0.15) is 0 Å². The normalized spacial score (nSPS) is 11.3. The lowest BCUT2D eigenvalue weighted by atomic mass is 10.3. The summed E-state index contributed by atoms with van der Waals surface area (Å²) < 4.78 is 31.2. The van der Waals surface area contributed by atoms with Crippen molar-refractivity contribution in [1.82, 2.24) is 4.31 Å². The lowest BCUT2D eigenvalue weighted by Crippen LogP contribution is -2.30. The average molecular weight is 471 g/mol. The van der Waals surface area contributed by atoms with Crippen molar-refractivity contribution in [2.75, 3.05) is 30.8 Å². The fourth-order valence-electron chi connectivity index (χ4n) is 2.51. The Labute approximate surface area is 185 Å². The summed E-state index contributed by atoms with van der Waals surface area (Å²) in [5.41, 5.74) is 0.403. The number of ether oxygens (including phenoxy) is 1. The van der Waals surface area contributed by atoms with E-state index in [9.17, 15) is 18.0 Å². The van der Waals surface area contributed by atoms with E-state index in [1.807, 2.05) is 6.07 Å². The van der Waals surface area contributed by atoms with Crippen molar-refractivity contribution in [3.8, 4) is 0 Å². The highest BCUT2D eigenvalue weighted by atomic mass is 35.5. The van der Waals surface area contributed by atoms with Crippen molar-refractivity contribution >= 4 is 50.9 Å². The number of carbonyl (C=O) groups excluding carboxylic acids is 2. The molecule has 7 nitrogen and oxygen atoms in total. The second-order valence-corrected chi connectivity index (χ2v) is 9.40. The number of rotatable bonds is 10. The highest BCUT2D eigenvalue weighted by molar-refractivity contribution is 8.00. The monoisotopic (exact) mass is 470 g/mol. The first-order valence-electron chi connectivity index (χ1n) is 9.21. The highest BCUT2D eigenvalue weighted by Crippen LogP contribution is 2.26. The van der Waals surface area contributed by atoms with Crippen LogP contribution in [-0.2, 0) is 24.3 Å². The number of nitrogens with zero attached hydrogens (tertiary/aromatic N) is 1. The zero-order valence-corrected chi connectivity index (χ0v) is 19.0. The first-order valence-corrected chi connectivity index (χ1v) is 12.0. The Kier molecular flexibility index (Phi) is 9.16. The zero-order chi connectivity index (χ0) is 22.1. The number of halogens is 1. The maximum atomic E-state index is 12.5. The molecule has 0 radical (unpaired) electrons. The van der Waals surface area contributed by atoms with Crippen LogP contribution in [-0.4, -0.2) is 50.0 Å². The van der Waals surface area contributed by atoms with Crippen LogP contribution in [0.4, 0.5) is 5.69 Å². The highest BCUT2D eigenvalue weighted by Gasteiger charge is 2.21. The van der Waals surface area contributed by atoms with E-state index in [2.05, 4.69) is 5.32 Å². The minimum absolute atomic E-state index is 0.0227. The molecule has 30 heavy (non-hydrogen) atoms. The molecule has 10 heteroatoms. The van der Waals surface area contributed by atoms with Gasteiger partial charge in [0.25, 0.3) is 5.91 Å². The molecule has 0 saturated heterocycles. The predicted molar refractivity (Wildman–Crippen MR) is 118 cm³/mol. The Morgan fingerprint density at radius 1 is 1.07 bits per heavy atom.